The van der Waals surface area contributed by atoms with Gasteiger partial charge in [0.05, 0.1) is 0 Å². The second-order valence-electron chi connectivity index (χ2n) is 3.06. The van der Waals surface area contributed by atoms with Crippen molar-refractivity contribution in [3.05, 3.63) is 35.6 Å². The summed E-state index contributed by atoms with van der Waals surface area (Å²) in [6.45, 7) is 1.52. The van der Waals surface area contributed by atoms with Crippen LogP contribution < -0.4 is 0 Å². The van der Waals surface area contributed by atoms with Crippen molar-refractivity contribution < 1.29 is 18.4 Å². The van der Waals surface area contributed by atoms with E-state index in [9.17, 15) is 13.9 Å². The van der Waals surface area contributed by atoms with Crippen LogP contribution in [0.5, 0.6) is 5.75 Å². The first-order chi connectivity index (χ1) is 7.09. The molecule has 0 radical (unpaired) electrons. The van der Waals surface area contributed by atoms with Crippen LogP contribution in [-0.2, 0) is 0 Å². The van der Waals surface area contributed by atoms with Gasteiger partial charge in [-0.15, -0.1) is 0 Å². The molecule has 5 heteroatoms. The van der Waals surface area contributed by atoms with Gasteiger partial charge >= 0.3 is 0 Å². The van der Waals surface area contributed by atoms with E-state index in [1.807, 2.05) is 0 Å². The van der Waals surface area contributed by atoms with Crippen molar-refractivity contribution in [2.24, 2.45) is 0 Å². The lowest BCUT2D eigenvalue weighted by Gasteiger charge is -1.97. The minimum atomic E-state index is -0.993. The van der Waals surface area contributed by atoms with Gasteiger partial charge in [-0.25, -0.2) is 8.78 Å². The molecule has 2 rings (SSSR count). The van der Waals surface area contributed by atoms with Crippen molar-refractivity contribution in [2.45, 2.75) is 6.92 Å². The van der Waals surface area contributed by atoms with Gasteiger partial charge in [0.15, 0.2) is 28.8 Å². The monoisotopic (exact) mass is 211 g/mol. The fourth-order valence-corrected chi connectivity index (χ4v) is 1.20. The number of aryl methyl sites for hydroxylation is 1. The summed E-state index contributed by atoms with van der Waals surface area (Å²) in [6.07, 6.45) is 0. The molecule has 0 fully saturated rings. The highest BCUT2D eigenvalue weighted by Crippen LogP contribution is 2.31. The van der Waals surface area contributed by atoms with E-state index >= 15 is 0 Å². The largest absolute Gasteiger partial charge is 0.503 e. The lowest BCUT2D eigenvalue weighted by molar-refractivity contribution is 0.384. The number of hydrogen-bond acceptors (Lipinski definition) is 3. The first kappa shape index (κ1) is 9.64. The molecule has 0 spiro atoms. The Bertz CT molecular complexity index is 508. The van der Waals surface area contributed by atoms with Gasteiger partial charge in [0.25, 0.3) is 0 Å². The van der Waals surface area contributed by atoms with Crippen LogP contribution in [0.15, 0.2) is 22.7 Å². The van der Waals surface area contributed by atoms with E-state index in [-0.39, 0.29) is 22.8 Å². The highest BCUT2D eigenvalue weighted by Gasteiger charge is 2.14. The van der Waals surface area contributed by atoms with Crippen molar-refractivity contribution in [3.63, 3.8) is 0 Å². The number of rotatable bonds is 1. The summed E-state index contributed by atoms with van der Waals surface area (Å²) in [5, 5.41) is 13.0. The zero-order valence-corrected chi connectivity index (χ0v) is 7.79. The molecule has 1 aromatic heterocycles. The lowest BCUT2D eigenvalue weighted by Crippen LogP contribution is -1.85. The Morgan fingerprint density at radius 3 is 2.53 bits per heavy atom. The van der Waals surface area contributed by atoms with Crippen LogP contribution in [0, 0.1) is 18.6 Å². The standard InChI is InChI=1S/C10H7F2NO2/c1-5-10(14)9(13-15-5)6-2-3-7(11)8(12)4-6/h2-4,14H,1H3. The number of aromatic hydroxyl groups is 1. The third kappa shape index (κ3) is 1.56. The van der Waals surface area contributed by atoms with Crippen LogP contribution in [0.2, 0.25) is 0 Å². The van der Waals surface area contributed by atoms with Gasteiger partial charge in [-0.3, -0.25) is 0 Å². The maximum absolute atomic E-state index is 12.9. The molecule has 3 nitrogen and oxygen atoms in total. The Morgan fingerprint density at radius 2 is 2.00 bits per heavy atom. The molecular weight excluding hydrogens is 204 g/mol. The van der Waals surface area contributed by atoms with Gasteiger partial charge in [0.2, 0.25) is 0 Å². The predicted octanol–water partition coefficient (Wildman–Crippen LogP) is 2.63. The molecule has 78 valence electrons. The molecule has 0 aliphatic heterocycles. The van der Waals surface area contributed by atoms with Crippen molar-refractivity contribution in [3.8, 4) is 17.0 Å². The first-order valence-corrected chi connectivity index (χ1v) is 4.20. The minimum Gasteiger partial charge on any atom is -0.503 e. The van der Waals surface area contributed by atoms with E-state index in [0.29, 0.717) is 0 Å². The average Bonchev–Trinajstić information content (AvgIpc) is 2.53. The summed E-state index contributed by atoms with van der Waals surface area (Å²) in [7, 11) is 0. The van der Waals surface area contributed by atoms with Crippen LogP contribution >= 0.6 is 0 Å². The van der Waals surface area contributed by atoms with Gasteiger partial charge < -0.3 is 9.63 Å². The van der Waals surface area contributed by atoms with Crippen molar-refractivity contribution in [1.82, 2.24) is 5.16 Å². The van der Waals surface area contributed by atoms with Crippen molar-refractivity contribution >= 4 is 0 Å². The summed E-state index contributed by atoms with van der Waals surface area (Å²) < 4.78 is 30.2. The van der Waals surface area contributed by atoms with E-state index in [1.165, 1.54) is 13.0 Å². The second kappa shape index (κ2) is 3.34. The Kier molecular flexibility index (Phi) is 2.15. The zero-order chi connectivity index (χ0) is 11.0. The molecule has 15 heavy (non-hydrogen) atoms. The Balaban J connectivity index is 2.55. The number of nitrogens with zero attached hydrogens (tertiary/aromatic N) is 1. The minimum absolute atomic E-state index is 0.103. The van der Waals surface area contributed by atoms with Crippen LogP contribution in [0.25, 0.3) is 11.3 Å². The number of hydrogen-bond donors (Lipinski definition) is 1. The molecule has 0 amide bonds. The average molecular weight is 211 g/mol. The molecule has 0 unspecified atom stereocenters. The smallest absolute Gasteiger partial charge is 0.186 e. The Labute approximate surface area is 83.9 Å². The van der Waals surface area contributed by atoms with Crippen LogP contribution in [0.3, 0.4) is 0 Å². The summed E-state index contributed by atoms with van der Waals surface area (Å²) in [4.78, 5) is 0. The maximum Gasteiger partial charge on any atom is 0.186 e. The third-order valence-electron chi connectivity index (χ3n) is 2.02. The van der Waals surface area contributed by atoms with Crippen LogP contribution in [0.1, 0.15) is 5.76 Å². The molecule has 0 aliphatic rings. The summed E-state index contributed by atoms with van der Waals surface area (Å²) in [6, 6.07) is 3.23. The number of benzene rings is 1. The molecular formula is C10H7F2NO2. The molecule has 1 heterocycles. The fraction of sp³-hybridized carbons (Fsp3) is 0.100. The molecule has 0 saturated heterocycles. The molecule has 0 atom stereocenters. The van der Waals surface area contributed by atoms with Crippen LogP contribution in [0.4, 0.5) is 8.78 Å². The summed E-state index contributed by atoms with van der Waals surface area (Å²) in [5.41, 5.74) is 0.370. The molecule has 1 aromatic carbocycles. The SMILES string of the molecule is Cc1onc(-c2ccc(F)c(F)c2)c1O. The van der Waals surface area contributed by atoms with E-state index in [1.54, 1.807) is 0 Å². The van der Waals surface area contributed by atoms with Crippen molar-refractivity contribution in [2.75, 3.05) is 0 Å². The molecule has 2 aromatic rings. The Hall–Kier alpha value is -1.91. The normalized spacial score (nSPS) is 10.6. The molecule has 0 bridgehead atoms. The summed E-state index contributed by atoms with van der Waals surface area (Å²) in [5.74, 6) is -1.87. The van der Waals surface area contributed by atoms with Gasteiger partial charge in [-0.05, 0) is 18.2 Å². The molecule has 0 aliphatic carbocycles. The topological polar surface area (TPSA) is 46.3 Å². The van der Waals surface area contributed by atoms with Gasteiger partial charge in [0, 0.05) is 12.5 Å². The third-order valence-corrected chi connectivity index (χ3v) is 2.02. The molecule has 0 saturated carbocycles. The lowest BCUT2D eigenvalue weighted by atomic mass is 10.1. The van der Waals surface area contributed by atoms with Gasteiger partial charge in [-0.2, -0.15) is 0 Å². The quantitative estimate of drug-likeness (QED) is 0.788. The second-order valence-corrected chi connectivity index (χ2v) is 3.06. The first-order valence-electron chi connectivity index (χ1n) is 4.20. The summed E-state index contributed by atoms with van der Waals surface area (Å²) >= 11 is 0. The predicted molar refractivity (Wildman–Crippen MR) is 48.3 cm³/mol. The molecule has 1 N–H and O–H groups in total. The number of halogens is 2. The van der Waals surface area contributed by atoms with Crippen molar-refractivity contribution in [1.29, 1.82) is 0 Å². The number of aromatic nitrogens is 1. The van der Waals surface area contributed by atoms with Gasteiger partial charge in [-0.1, -0.05) is 5.16 Å². The Morgan fingerprint density at radius 1 is 1.27 bits per heavy atom. The highest BCUT2D eigenvalue weighted by atomic mass is 19.2. The van der Waals surface area contributed by atoms with E-state index in [0.717, 1.165) is 12.1 Å². The zero-order valence-electron chi connectivity index (χ0n) is 7.79. The van der Waals surface area contributed by atoms with E-state index in [2.05, 4.69) is 5.16 Å². The van der Waals surface area contributed by atoms with E-state index in [4.69, 9.17) is 4.52 Å². The maximum atomic E-state index is 12.9. The fourth-order valence-electron chi connectivity index (χ4n) is 1.20. The highest BCUT2D eigenvalue weighted by molar-refractivity contribution is 5.66. The van der Waals surface area contributed by atoms with Crippen LogP contribution in [-0.4, -0.2) is 10.3 Å². The van der Waals surface area contributed by atoms with E-state index < -0.39 is 11.6 Å². The van der Waals surface area contributed by atoms with Gasteiger partial charge in [0.1, 0.15) is 0 Å².